The predicted molar refractivity (Wildman–Crippen MR) is 120 cm³/mol. The van der Waals surface area contributed by atoms with Gasteiger partial charge in [0.05, 0.1) is 26.5 Å². The van der Waals surface area contributed by atoms with Gasteiger partial charge in [0.25, 0.3) is 5.91 Å². The van der Waals surface area contributed by atoms with Crippen LogP contribution >= 0.6 is 35.2 Å². The van der Waals surface area contributed by atoms with Crippen molar-refractivity contribution in [2.24, 2.45) is 0 Å². The van der Waals surface area contributed by atoms with E-state index in [1.165, 1.54) is 18.2 Å². The van der Waals surface area contributed by atoms with Gasteiger partial charge < -0.3 is 5.32 Å². The number of carbonyl (C=O) groups is 1. The third-order valence-corrected chi connectivity index (χ3v) is 5.72. The molecule has 4 aromatic rings. The summed E-state index contributed by atoms with van der Waals surface area (Å²) in [5, 5.41) is 6.64. The number of para-hydroxylation sites is 1. The Balaban J connectivity index is 1.54. The lowest BCUT2D eigenvalue weighted by Gasteiger charge is -2.12. The van der Waals surface area contributed by atoms with Gasteiger partial charge in [0.15, 0.2) is 5.11 Å². The van der Waals surface area contributed by atoms with Gasteiger partial charge in [-0.1, -0.05) is 41.9 Å². The van der Waals surface area contributed by atoms with Gasteiger partial charge in [-0.3, -0.25) is 10.1 Å². The topological polar surface area (TPSA) is 54.0 Å². The van der Waals surface area contributed by atoms with Crippen LogP contribution in [0.15, 0.2) is 66.7 Å². The molecule has 0 aliphatic carbocycles. The highest BCUT2D eigenvalue weighted by Gasteiger charge is 2.14. The highest BCUT2D eigenvalue weighted by Crippen LogP contribution is 2.33. The first-order chi connectivity index (χ1) is 14.0. The van der Waals surface area contributed by atoms with Crippen molar-refractivity contribution in [3.63, 3.8) is 0 Å². The minimum atomic E-state index is -0.640. The molecule has 2 N–H and O–H groups in total. The van der Waals surface area contributed by atoms with E-state index in [4.69, 9.17) is 23.8 Å². The summed E-state index contributed by atoms with van der Waals surface area (Å²) in [6.07, 6.45) is 0. The summed E-state index contributed by atoms with van der Waals surface area (Å²) >= 11 is 13.0. The van der Waals surface area contributed by atoms with Crippen molar-refractivity contribution in [2.45, 2.75) is 0 Å². The second-order valence-electron chi connectivity index (χ2n) is 6.07. The molecule has 1 heterocycles. The summed E-state index contributed by atoms with van der Waals surface area (Å²) in [7, 11) is 0. The van der Waals surface area contributed by atoms with Crippen LogP contribution in [0.5, 0.6) is 0 Å². The minimum absolute atomic E-state index is 0.0154. The summed E-state index contributed by atoms with van der Waals surface area (Å²) < 4.78 is 14.8. The summed E-state index contributed by atoms with van der Waals surface area (Å²) in [6, 6.07) is 19.0. The van der Waals surface area contributed by atoms with Gasteiger partial charge in [0, 0.05) is 5.56 Å². The van der Waals surface area contributed by atoms with Crippen molar-refractivity contribution in [2.75, 3.05) is 5.32 Å². The molecular formula is C21H13ClFN3OS2. The highest BCUT2D eigenvalue weighted by atomic mass is 35.5. The van der Waals surface area contributed by atoms with E-state index < -0.39 is 11.7 Å². The van der Waals surface area contributed by atoms with Crippen LogP contribution in [0.2, 0.25) is 5.02 Å². The van der Waals surface area contributed by atoms with Crippen LogP contribution in [0.4, 0.5) is 10.1 Å². The molecule has 4 rings (SSSR count). The SMILES string of the molecule is O=C(NC(=S)Nc1cc(-c2nc3ccccc3s2)ccc1Cl)c1ccccc1F. The number of rotatable bonds is 3. The maximum absolute atomic E-state index is 13.8. The zero-order chi connectivity index (χ0) is 20.4. The van der Waals surface area contributed by atoms with Gasteiger partial charge >= 0.3 is 0 Å². The van der Waals surface area contributed by atoms with E-state index >= 15 is 0 Å². The Morgan fingerprint density at radius 3 is 2.62 bits per heavy atom. The van der Waals surface area contributed by atoms with Crippen LogP contribution < -0.4 is 10.6 Å². The fraction of sp³-hybridized carbons (Fsp3) is 0. The Morgan fingerprint density at radius 2 is 1.83 bits per heavy atom. The van der Waals surface area contributed by atoms with Crippen molar-refractivity contribution in [3.8, 4) is 10.6 Å². The number of nitrogens with one attached hydrogen (secondary N) is 2. The number of hydrogen-bond acceptors (Lipinski definition) is 4. The van der Waals surface area contributed by atoms with Gasteiger partial charge in [-0.2, -0.15) is 0 Å². The molecule has 0 atom stereocenters. The Bertz CT molecular complexity index is 1210. The molecule has 0 radical (unpaired) electrons. The summed E-state index contributed by atoms with van der Waals surface area (Å²) in [4.78, 5) is 16.9. The van der Waals surface area contributed by atoms with Crippen LogP contribution in [0, 0.1) is 5.82 Å². The number of thiazole rings is 1. The van der Waals surface area contributed by atoms with Crippen LogP contribution in [0.3, 0.4) is 0 Å². The molecule has 8 heteroatoms. The van der Waals surface area contributed by atoms with Crippen LogP contribution in [0.1, 0.15) is 10.4 Å². The third-order valence-electron chi connectivity index (χ3n) is 4.10. The zero-order valence-corrected chi connectivity index (χ0v) is 17.2. The predicted octanol–water partition coefficient (Wildman–Crippen LogP) is 5.88. The van der Waals surface area contributed by atoms with Crippen molar-refractivity contribution in [1.82, 2.24) is 10.3 Å². The lowest BCUT2D eigenvalue weighted by Crippen LogP contribution is -2.34. The van der Waals surface area contributed by atoms with E-state index in [2.05, 4.69) is 15.6 Å². The number of anilines is 1. The zero-order valence-electron chi connectivity index (χ0n) is 14.8. The Kier molecular flexibility index (Phi) is 5.53. The smallest absolute Gasteiger partial charge is 0.260 e. The quantitative estimate of drug-likeness (QED) is 0.390. The van der Waals surface area contributed by atoms with E-state index in [0.29, 0.717) is 10.7 Å². The van der Waals surface area contributed by atoms with Crippen LogP contribution in [0.25, 0.3) is 20.8 Å². The Hall–Kier alpha value is -2.87. The van der Waals surface area contributed by atoms with E-state index in [9.17, 15) is 9.18 Å². The molecule has 144 valence electrons. The fourth-order valence-electron chi connectivity index (χ4n) is 2.72. The summed E-state index contributed by atoms with van der Waals surface area (Å²) in [5.41, 5.74) is 2.21. The molecule has 0 saturated carbocycles. The second kappa shape index (κ2) is 8.24. The molecule has 0 bridgehead atoms. The lowest BCUT2D eigenvalue weighted by atomic mass is 10.2. The first-order valence-corrected chi connectivity index (χ1v) is 10.1. The van der Waals surface area contributed by atoms with Gasteiger partial charge in [-0.05, 0) is 48.6 Å². The number of aromatic nitrogens is 1. The summed E-state index contributed by atoms with van der Waals surface area (Å²) in [6.45, 7) is 0. The average molecular weight is 442 g/mol. The molecule has 1 aromatic heterocycles. The van der Waals surface area contributed by atoms with Crippen LogP contribution in [-0.2, 0) is 0 Å². The Morgan fingerprint density at radius 1 is 1.07 bits per heavy atom. The maximum Gasteiger partial charge on any atom is 0.260 e. The molecule has 0 aliphatic rings. The maximum atomic E-state index is 13.8. The van der Waals surface area contributed by atoms with E-state index in [1.807, 2.05) is 36.4 Å². The number of halogens is 2. The van der Waals surface area contributed by atoms with E-state index in [0.717, 1.165) is 20.8 Å². The minimum Gasteiger partial charge on any atom is -0.331 e. The molecule has 0 spiro atoms. The van der Waals surface area contributed by atoms with E-state index in [1.54, 1.807) is 23.5 Å². The third kappa shape index (κ3) is 4.27. The number of carbonyl (C=O) groups excluding carboxylic acids is 1. The number of nitrogens with zero attached hydrogens (tertiary/aromatic N) is 1. The van der Waals surface area contributed by atoms with Crippen LogP contribution in [-0.4, -0.2) is 16.0 Å². The molecule has 4 nitrogen and oxygen atoms in total. The van der Waals surface area contributed by atoms with E-state index in [-0.39, 0.29) is 10.7 Å². The normalized spacial score (nSPS) is 10.7. The second-order valence-corrected chi connectivity index (χ2v) is 7.92. The number of benzene rings is 3. The lowest BCUT2D eigenvalue weighted by molar-refractivity contribution is 0.0974. The largest absolute Gasteiger partial charge is 0.331 e. The summed E-state index contributed by atoms with van der Waals surface area (Å²) in [5.74, 6) is -1.26. The number of hydrogen-bond donors (Lipinski definition) is 2. The van der Waals surface area contributed by atoms with Gasteiger partial charge in [0.2, 0.25) is 0 Å². The Labute approximate surface area is 180 Å². The van der Waals surface area contributed by atoms with Crippen molar-refractivity contribution in [3.05, 3.63) is 83.1 Å². The first kappa shape index (κ1) is 19.4. The van der Waals surface area contributed by atoms with Crippen molar-refractivity contribution in [1.29, 1.82) is 0 Å². The van der Waals surface area contributed by atoms with Gasteiger partial charge in [-0.25, -0.2) is 9.37 Å². The number of fused-ring (bicyclic) bond motifs is 1. The molecule has 0 fully saturated rings. The molecule has 0 aliphatic heterocycles. The monoisotopic (exact) mass is 441 g/mol. The standard InChI is InChI=1S/C21H13ClFN3OS2/c22-14-10-9-12(20-24-16-7-3-4-8-18(16)29-20)11-17(14)25-21(28)26-19(27)13-5-1-2-6-15(13)23/h1-11H,(H2,25,26,27,28). The highest BCUT2D eigenvalue weighted by molar-refractivity contribution is 7.80. The molecule has 1 amide bonds. The first-order valence-electron chi connectivity index (χ1n) is 8.53. The molecule has 0 unspecified atom stereocenters. The van der Waals surface area contributed by atoms with Crippen molar-refractivity contribution < 1.29 is 9.18 Å². The van der Waals surface area contributed by atoms with Gasteiger partial charge in [-0.15, -0.1) is 11.3 Å². The van der Waals surface area contributed by atoms with Gasteiger partial charge in [0.1, 0.15) is 10.8 Å². The van der Waals surface area contributed by atoms with Crippen molar-refractivity contribution >= 4 is 62.1 Å². The number of amides is 1. The molecular weight excluding hydrogens is 429 g/mol. The molecule has 3 aromatic carbocycles. The average Bonchev–Trinajstić information content (AvgIpc) is 3.14. The fourth-order valence-corrected chi connectivity index (χ4v) is 4.05. The molecule has 29 heavy (non-hydrogen) atoms. The molecule has 0 saturated heterocycles. The number of thiocarbonyl (C=S) groups is 1.